The highest BCUT2D eigenvalue weighted by atomic mass is 19.1. The summed E-state index contributed by atoms with van der Waals surface area (Å²) in [6.07, 6.45) is 3.66. The monoisotopic (exact) mass is 381 g/mol. The minimum absolute atomic E-state index is 0.257. The van der Waals surface area contributed by atoms with E-state index in [1.54, 1.807) is 20.1 Å². The van der Waals surface area contributed by atoms with Crippen LogP contribution in [-0.2, 0) is 0 Å². The topological polar surface area (TPSA) is 112 Å². The quantitative estimate of drug-likeness (QED) is 0.557. The number of hydrogen-bond acceptors (Lipinski definition) is 9. The van der Waals surface area contributed by atoms with Crippen molar-refractivity contribution in [2.24, 2.45) is 0 Å². The Kier molecular flexibility index (Phi) is 4.52. The summed E-state index contributed by atoms with van der Waals surface area (Å²) in [4.78, 5) is 21.0. The van der Waals surface area contributed by atoms with Crippen LogP contribution in [0, 0.1) is 12.7 Å². The molecule has 1 atom stereocenters. The zero-order valence-corrected chi connectivity index (χ0v) is 15.3. The van der Waals surface area contributed by atoms with E-state index in [4.69, 9.17) is 9.26 Å². The van der Waals surface area contributed by atoms with E-state index in [2.05, 4.69) is 35.4 Å². The fraction of sp³-hybridized carbons (Fsp3) is 0.222. The van der Waals surface area contributed by atoms with Crippen molar-refractivity contribution in [3.8, 4) is 17.1 Å². The number of aromatic nitrogens is 6. The van der Waals surface area contributed by atoms with Crippen molar-refractivity contribution in [3.63, 3.8) is 0 Å². The molecule has 1 unspecified atom stereocenters. The SMILES string of the molecule is COc1cc(-c2ncc(F)cn2)cc2c(NC(C)c3noc(C)n3)ncnc12. The molecule has 4 rings (SSSR count). The summed E-state index contributed by atoms with van der Waals surface area (Å²) in [5.74, 6) is 1.92. The van der Waals surface area contributed by atoms with Gasteiger partial charge in [0.15, 0.2) is 17.5 Å². The summed E-state index contributed by atoms with van der Waals surface area (Å²) in [7, 11) is 1.55. The van der Waals surface area contributed by atoms with Gasteiger partial charge in [0.25, 0.3) is 0 Å². The Morgan fingerprint density at radius 1 is 1.14 bits per heavy atom. The average Bonchev–Trinajstić information content (AvgIpc) is 3.14. The van der Waals surface area contributed by atoms with Gasteiger partial charge in [0.05, 0.1) is 25.5 Å². The molecule has 0 saturated heterocycles. The Morgan fingerprint density at radius 2 is 1.93 bits per heavy atom. The van der Waals surface area contributed by atoms with Crippen LogP contribution in [0.2, 0.25) is 0 Å². The minimum atomic E-state index is -0.508. The largest absolute Gasteiger partial charge is 0.494 e. The van der Waals surface area contributed by atoms with Gasteiger partial charge >= 0.3 is 0 Å². The molecule has 0 bridgehead atoms. The van der Waals surface area contributed by atoms with Crippen LogP contribution < -0.4 is 10.1 Å². The third-order valence-corrected chi connectivity index (χ3v) is 4.09. The van der Waals surface area contributed by atoms with Gasteiger partial charge in [-0.05, 0) is 19.1 Å². The lowest BCUT2D eigenvalue weighted by atomic mass is 10.1. The van der Waals surface area contributed by atoms with Crippen LogP contribution in [0.4, 0.5) is 10.2 Å². The summed E-state index contributed by atoms with van der Waals surface area (Å²) in [6, 6.07) is 3.31. The number of nitrogens with zero attached hydrogens (tertiary/aromatic N) is 6. The lowest BCUT2D eigenvalue weighted by Crippen LogP contribution is -2.10. The maximum absolute atomic E-state index is 13.2. The summed E-state index contributed by atoms with van der Waals surface area (Å²) < 4.78 is 23.7. The highest BCUT2D eigenvalue weighted by molar-refractivity contribution is 5.96. The van der Waals surface area contributed by atoms with Gasteiger partial charge in [-0.1, -0.05) is 5.16 Å². The van der Waals surface area contributed by atoms with Gasteiger partial charge in [-0.2, -0.15) is 4.98 Å². The number of benzene rings is 1. The van der Waals surface area contributed by atoms with Crippen LogP contribution >= 0.6 is 0 Å². The first kappa shape index (κ1) is 17.7. The van der Waals surface area contributed by atoms with Gasteiger partial charge in [0, 0.05) is 17.9 Å². The van der Waals surface area contributed by atoms with Crippen LogP contribution in [0.1, 0.15) is 24.7 Å². The molecule has 3 aromatic heterocycles. The second-order valence-corrected chi connectivity index (χ2v) is 6.06. The van der Waals surface area contributed by atoms with E-state index in [9.17, 15) is 4.39 Å². The molecule has 1 aromatic carbocycles. The van der Waals surface area contributed by atoms with Crippen molar-refractivity contribution in [1.82, 2.24) is 30.1 Å². The summed E-state index contributed by atoms with van der Waals surface area (Å²) in [5, 5.41) is 7.88. The van der Waals surface area contributed by atoms with Crippen LogP contribution in [-0.4, -0.2) is 37.2 Å². The van der Waals surface area contributed by atoms with Crippen LogP contribution in [0.5, 0.6) is 5.75 Å². The molecule has 0 amide bonds. The lowest BCUT2D eigenvalue weighted by molar-refractivity contribution is 0.385. The Morgan fingerprint density at radius 3 is 2.61 bits per heavy atom. The molecule has 142 valence electrons. The first-order chi connectivity index (χ1) is 13.5. The number of halogens is 1. The molecular formula is C18H16FN7O2. The van der Waals surface area contributed by atoms with E-state index in [0.717, 1.165) is 12.4 Å². The predicted molar refractivity (Wildman–Crippen MR) is 98.1 cm³/mol. The van der Waals surface area contributed by atoms with E-state index in [-0.39, 0.29) is 6.04 Å². The smallest absolute Gasteiger partial charge is 0.223 e. The van der Waals surface area contributed by atoms with Crippen LogP contribution in [0.25, 0.3) is 22.3 Å². The van der Waals surface area contributed by atoms with Gasteiger partial charge in [-0.15, -0.1) is 0 Å². The lowest BCUT2D eigenvalue weighted by Gasteiger charge is -2.14. The Balaban J connectivity index is 1.80. The van der Waals surface area contributed by atoms with Gasteiger partial charge in [0.1, 0.15) is 23.4 Å². The number of ether oxygens (including phenoxy) is 1. The number of anilines is 1. The summed E-state index contributed by atoms with van der Waals surface area (Å²) in [6.45, 7) is 3.62. The Hall–Kier alpha value is -3.69. The highest BCUT2D eigenvalue weighted by Crippen LogP contribution is 2.33. The zero-order valence-electron chi connectivity index (χ0n) is 15.3. The predicted octanol–water partition coefficient (Wildman–Crippen LogP) is 3.10. The number of nitrogens with one attached hydrogen (secondary N) is 1. The van der Waals surface area contributed by atoms with Crippen molar-refractivity contribution in [2.75, 3.05) is 12.4 Å². The molecule has 10 heteroatoms. The molecule has 0 radical (unpaired) electrons. The number of hydrogen-bond donors (Lipinski definition) is 1. The van der Waals surface area contributed by atoms with Gasteiger partial charge in [-0.25, -0.2) is 24.3 Å². The van der Waals surface area contributed by atoms with Crippen molar-refractivity contribution >= 4 is 16.7 Å². The minimum Gasteiger partial charge on any atom is -0.494 e. The molecule has 0 aliphatic carbocycles. The van der Waals surface area contributed by atoms with E-state index < -0.39 is 5.82 Å². The highest BCUT2D eigenvalue weighted by Gasteiger charge is 2.17. The van der Waals surface area contributed by atoms with Gasteiger partial charge in [-0.3, -0.25) is 0 Å². The molecule has 9 nitrogen and oxygen atoms in total. The van der Waals surface area contributed by atoms with Crippen molar-refractivity contribution in [1.29, 1.82) is 0 Å². The Labute approximate surface area is 159 Å². The second kappa shape index (κ2) is 7.14. The van der Waals surface area contributed by atoms with E-state index in [0.29, 0.717) is 45.6 Å². The molecule has 0 aliphatic rings. The first-order valence-corrected chi connectivity index (χ1v) is 8.42. The molecule has 3 heterocycles. The molecule has 0 fully saturated rings. The molecule has 4 aromatic rings. The van der Waals surface area contributed by atoms with E-state index in [1.807, 2.05) is 13.0 Å². The van der Waals surface area contributed by atoms with Crippen LogP contribution in [0.3, 0.4) is 0 Å². The van der Waals surface area contributed by atoms with E-state index >= 15 is 0 Å². The number of rotatable bonds is 5. The van der Waals surface area contributed by atoms with E-state index in [1.165, 1.54) is 6.33 Å². The second-order valence-electron chi connectivity index (χ2n) is 6.06. The normalized spacial score (nSPS) is 12.1. The van der Waals surface area contributed by atoms with Crippen molar-refractivity contribution < 1.29 is 13.7 Å². The summed E-state index contributed by atoms with van der Waals surface area (Å²) >= 11 is 0. The fourth-order valence-corrected chi connectivity index (χ4v) is 2.76. The molecule has 0 saturated carbocycles. The first-order valence-electron chi connectivity index (χ1n) is 8.42. The number of aryl methyl sites for hydroxylation is 1. The van der Waals surface area contributed by atoms with Crippen molar-refractivity contribution in [2.45, 2.75) is 19.9 Å². The van der Waals surface area contributed by atoms with Gasteiger partial charge in [0.2, 0.25) is 5.89 Å². The average molecular weight is 381 g/mol. The molecule has 28 heavy (non-hydrogen) atoms. The molecule has 0 spiro atoms. The summed E-state index contributed by atoms with van der Waals surface area (Å²) in [5.41, 5.74) is 1.26. The number of methoxy groups -OCH3 is 1. The zero-order chi connectivity index (χ0) is 19.7. The number of fused-ring (bicyclic) bond motifs is 1. The standard InChI is InChI=1S/C18H16FN7O2/c1-9(16-25-10(2)28-26-16)24-18-13-4-11(17-20-6-12(19)7-21-17)5-14(27-3)15(13)22-8-23-18/h4-9H,1-3H3,(H,22,23,24). The van der Waals surface area contributed by atoms with Gasteiger partial charge < -0.3 is 14.6 Å². The fourth-order valence-electron chi connectivity index (χ4n) is 2.76. The molecular weight excluding hydrogens is 365 g/mol. The Bertz CT molecular complexity index is 1130. The van der Waals surface area contributed by atoms with Crippen molar-refractivity contribution in [3.05, 3.63) is 48.4 Å². The third-order valence-electron chi connectivity index (χ3n) is 4.09. The molecule has 0 aliphatic heterocycles. The van der Waals surface area contributed by atoms with Crippen LogP contribution in [0.15, 0.2) is 35.4 Å². The third kappa shape index (κ3) is 3.31. The maximum atomic E-state index is 13.2. The maximum Gasteiger partial charge on any atom is 0.223 e. The molecule has 1 N–H and O–H groups in total.